The van der Waals surface area contributed by atoms with Crippen molar-refractivity contribution in [2.24, 2.45) is 5.92 Å². The quantitative estimate of drug-likeness (QED) is 0.898. The molecule has 7 heteroatoms. The summed E-state index contributed by atoms with van der Waals surface area (Å²) in [6.45, 7) is 8.38. The molecule has 7 nitrogen and oxygen atoms in total. The van der Waals surface area contributed by atoms with Crippen LogP contribution in [0.5, 0.6) is 0 Å². The molecule has 2 aromatic heterocycles. The van der Waals surface area contributed by atoms with Gasteiger partial charge in [-0.25, -0.2) is 0 Å². The highest BCUT2D eigenvalue weighted by Crippen LogP contribution is 2.43. The number of rotatable bonds is 4. The molecular weight excluding hydrogens is 306 g/mol. The van der Waals surface area contributed by atoms with Crippen molar-refractivity contribution in [1.82, 2.24) is 20.1 Å². The van der Waals surface area contributed by atoms with Gasteiger partial charge in [-0.1, -0.05) is 11.2 Å². The van der Waals surface area contributed by atoms with Crippen molar-refractivity contribution in [1.29, 1.82) is 0 Å². The van der Waals surface area contributed by atoms with Gasteiger partial charge in [0.15, 0.2) is 0 Å². The lowest BCUT2D eigenvalue weighted by molar-refractivity contribution is 0.142. The predicted molar refractivity (Wildman–Crippen MR) is 88.6 cm³/mol. The number of pyridine rings is 1. The number of likely N-dealkylation sites (tertiary alicyclic amines) is 1. The number of ether oxygens (including phenoxy) is 1. The molecule has 2 aliphatic heterocycles. The Bertz CT molecular complexity index is 746. The Kier molecular flexibility index (Phi) is 3.77. The maximum absolute atomic E-state index is 5.71. The molecule has 0 amide bonds. The highest BCUT2D eigenvalue weighted by Gasteiger charge is 2.55. The zero-order valence-electron chi connectivity index (χ0n) is 14.2. The molecule has 0 unspecified atom stereocenters. The number of aryl methyl sites for hydroxylation is 2. The van der Waals surface area contributed by atoms with Gasteiger partial charge in [0.05, 0.1) is 18.6 Å². The molecule has 2 aliphatic rings. The van der Waals surface area contributed by atoms with Crippen LogP contribution < -0.4 is 5.73 Å². The van der Waals surface area contributed by atoms with Crippen LogP contribution in [-0.4, -0.2) is 52.9 Å². The molecule has 4 heterocycles. The van der Waals surface area contributed by atoms with Crippen LogP contribution >= 0.6 is 0 Å². The van der Waals surface area contributed by atoms with E-state index >= 15 is 0 Å². The molecule has 0 aliphatic carbocycles. The third-order valence-electron chi connectivity index (χ3n) is 5.30. The summed E-state index contributed by atoms with van der Waals surface area (Å²) in [4.78, 5) is 7.03. The molecular formula is C17H23N5O2. The normalized spacial score (nSPS) is 26.8. The van der Waals surface area contributed by atoms with E-state index in [2.05, 4.69) is 40.0 Å². The molecule has 2 atom stereocenters. The number of fused-ring (bicyclic) bond motifs is 1. The van der Waals surface area contributed by atoms with E-state index in [0.29, 0.717) is 18.4 Å². The van der Waals surface area contributed by atoms with E-state index in [4.69, 9.17) is 14.9 Å². The monoisotopic (exact) mass is 329 g/mol. The lowest BCUT2D eigenvalue weighted by Gasteiger charge is -2.23. The van der Waals surface area contributed by atoms with E-state index in [1.54, 1.807) is 0 Å². The number of aromatic nitrogens is 3. The molecule has 128 valence electrons. The molecule has 0 aromatic carbocycles. The van der Waals surface area contributed by atoms with Gasteiger partial charge in [0.2, 0.25) is 5.89 Å². The van der Waals surface area contributed by atoms with E-state index in [0.717, 1.165) is 32.7 Å². The van der Waals surface area contributed by atoms with Gasteiger partial charge in [-0.05, 0) is 25.0 Å². The van der Waals surface area contributed by atoms with Crippen LogP contribution in [0.3, 0.4) is 0 Å². The number of nitrogens with zero attached hydrogens (tertiary/aromatic N) is 4. The minimum atomic E-state index is -0.208. The molecule has 0 spiro atoms. The fourth-order valence-corrected chi connectivity index (χ4v) is 4.02. The molecule has 2 fully saturated rings. The number of hydrogen-bond donors (Lipinski definition) is 1. The third-order valence-corrected chi connectivity index (χ3v) is 5.30. The maximum Gasteiger partial charge on any atom is 0.312 e. The van der Waals surface area contributed by atoms with Crippen molar-refractivity contribution >= 4 is 6.01 Å². The van der Waals surface area contributed by atoms with E-state index in [-0.39, 0.29) is 11.4 Å². The lowest BCUT2D eigenvalue weighted by atomic mass is 9.81. The molecule has 24 heavy (non-hydrogen) atoms. The van der Waals surface area contributed by atoms with Crippen LogP contribution in [0.2, 0.25) is 0 Å². The van der Waals surface area contributed by atoms with E-state index in [1.807, 2.05) is 6.20 Å². The fraction of sp³-hybridized carbons (Fsp3) is 0.588. The zero-order valence-corrected chi connectivity index (χ0v) is 14.2. The first-order chi connectivity index (χ1) is 11.6. The summed E-state index contributed by atoms with van der Waals surface area (Å²) < 4.78 is 11.3. The van der Waals surface area contributed by atoms with Crippen LogP contribution in [-0.2, 0) is 16.6 Å². The number of anilines is 1. The highest BCUT2D eigenvalue weighted by atomic mass is 16.5. The van der Waals surface area contributed by atoms with Gasteiger partial charge < -0.3 is 19.8 Å². The Morgan fingerprint density at radius 1 is 1.38 bits per heavy atom. The number of nitrogen functional groups attached to an aromatic ring is 1. The van der Waals surface area contributed by atoms with Crippen molar-refractivity contribution < 1.29 is 9.15 Å². The summed E-state index contributed by atoms with van der Waals surface area (Å²) >= 11 is 0. The topological polar surface area (TPSA) is 90.3 Å². The van der Waals surface area contributed by atoms with Crippen molar-refractivity contribution in [3.63, 3.8) is 0 Å². The smallest absolute Gasteiger partial charge is 0.312 e. The minimum absolute atomic E-state index is 0.128. The summed E-state index contributed by atoms with van der Waals surface area (Å²) in [6, 6.07) is 2.32. The van der Waals surface area contributed by atoms with Gasteiger partial charge >= 0.3 is 6.01 Å². The van der Waals surface area contributed by atoms with E-state index in [1.165, 1.54) is 16.8 Å². The number of nitrogens with two attached hydrogens (primary N) is 1. The molecule has 2 saturated heterocycles. The summed E-state index contributed by atoms with van der Waals surface area (Å²) in [7, 11) is 0. The maximum atomic E-state index is 5.71. The van der Waals surface area contributed by atoms with Gasteiger partial charge in [-0.15, -0.1) is 5.10 Å². The van der Waals surface area contributed by atoms with Crippen molar-refractivity contribution in [3.05, 3.63) is 35.0 Å². The van der Waals surface area contributed by atoms with Crippen LogP contribution in [0.25, 0.3) is 0 Å². The second kappa shape index (κ2) is 5.82. The van der Waals surface area contributed by atoms with Crippen molar-refractivity contribution in [2.75, 3.05) is 38.6 Å². The average molecular weight is 329 g/mol. The SMILES string of the molecule is Cc1cnc(CCN2C[C@H]3COC[C@@]3(c3nnc(N)o3)C2)c(C)c1. The van der Waals surface area contributed by atoms with Gasteiger partial charge in [0.1, 0.15) is 0 Å². The van der Waals surface area contributed by atoms with Gasteiger partial charge in [-0.3, -0.25) is 4.98 Å². The molecule has 0 bridgehead atoms. The predicted octanol–water partition coefficient (Wildman–Crippen LogP) is 1.11. The largest absolute Gasteiger partial charge is 0.408 e. The van der Waals surface area contributed by atoms with Gasteiger partial charge in [0.25, 0.3) is 0 Å². The first-order valence-corrected chi connectivity index (χ1v) is 8.38. The Morgan fingerprint density at radius 2 is 2.25 bits per heavy atom. The second-order valence-corrected chi connectivity index (χ2v) is 7.08. The summed E-state index contributed by atoms with van der Waals surface area (Å²) in [6.07, 6.45) is 2.89. The zero-order chi connectivity index (χ0) is 16.7. The first-order valence-electron chi connectivity index (χ1n) is 8.38. The molecule has 4 rings (SSSR count). The van der Waals surface area contributed by atoms with E-state index in [9.17, 15) is 0 Å². The second-order valence-electron chi connectivity index (χ2n) is 7.08. The van der Waals surface area contributed by atoms with Crippen molar-refractivity contribution in [2.45, 2.75) is 25.7 Å². The van der Waals surface area contributed by atoms with Crippen molar-refractivity contribution in [3.8, 4) is 0 Å². The van der Waals surface area contributed by atoms with Crippen LogP contribution in [0.15, 0.2) is 16.7 Å². The van der Waals surface area contributed by atoms with Crippen LogP contribution in [0, 0.1) is 19.8 Å². The Balaban J connectivity index is 1.47. The fourth-order valence-electron chi connectivity index (χ4n) is 4.02. The summed E-state index contributed by atoms with van der Waals surface area (Å²) in [5, 5.41) is 7.98. The van der Waals surface area contributed by atoms with Gasteiger partial charge in [0, 0.05) is 43.9 Å². The van der Waals surface area contributed by atoms with Crippen LogP contribution in [0.1, 0.15) is 22.7 Å². The molecule has 0 saturated carbocycles. The molecule has 2 aromatic rings. The first kappa shape index (κ1) is 15.5. The van der Waals surface area contributed by atoms with Gasteiger partial charge in [-0.2, -0.15) is 0 Å². The lowest BCUT2D eigenvalue weighted by Crippen LogP contribution is -2.36. The highest BCUT2D eigenvalue weighted by molar-refractivity contribution is 5.24. The Labute approximate surface area is 141 Å². The Morgan fingerprint density at radius 3 is 3.00 bits per heavy atom. The summed E-state index contributed by atoms with van der Waals surface area (Å²) in [5.41, 5.74) is 9.05. The average Bonchev–Trinajstić information content (AvgIpc) is 3.20. The minimum Gasteiger partial charge on any atom is -0.408 e. The third kappa shape index (κ3) is 2.57. The molecule has 0 radical (unpaired) electrons. The summed E-state index contributed by atoms with van der Waals surface area (Å²) in [5.74, 6) is 0.999. The molecule has 2 N–H and O–H groups in total. The Hall–Kier alpha value is -1.99. The van der Waals surface area contributed by atoms with E-state index < -0.39 is 0 Å². The standard InChI is InChI=1S/C17H23N5O2/c1-11-5-12(2)14(19-6-11)3-4-22-7-13-8-23-10-17(13,9-22)15-20-21-16(18)24-15/h5-6,13H,3-4,7-10H2,1-2H3,(H2,18,21)/t13-,17-/m0/s1. The number of hydrogen-bond acceptors (Lipinski definition) is 7. The van der Waals surface area contributed by atoms with Crippen LogP contribution in [0.4, 0.5) is 6.01 Å².